The third-order valence-electron chi connectivity index (χ3n) is 3.94. The molecule has 0 spiro atoms. The van der Waals surface area contributed by atoms with Crippen LogP contribution in [0.15, 0.2) is 48.5 Å². The van der Waals surface area contributed by atoms with E-state index < -0.39 is 4.75 Å². The first kappa shape index (κ1) is 13.9. The van der Waals surface area contributed by atoms with Gasteiger partial charge >= 0.3 is 0 Å². The molecule has 4 heteroatoms. The van der Waals surface area contributed by atoms with Gasteiger partial charge in [-0.1, -0.05) is 42.5 Å². The zero-order valence-electron chi connectivity index (χ0n) is 11.8. The van der Waals surface area contributed by atoms with Crippen LogP contribution in [0, 0.1) is 0 Å². The molecule has 0 bridgehead atoms. The van der Waals surface area contributed by atoms with Crippen LogP contribution in [0.25, 0.3) is 0 Å². The molecule has 0 aliphatic carbocycles. The molecule has 106 valence electrons. The van der Waals surface area contributed by atoms with Crippen LogP contribution in [-0.4, -0.2) is 17.9 Å². The van der Waals surface area contributed by atoms with E-state index in [0.29, 0.717) is 16.8 Å². The highest BCUT2D eigenvalue weighted by Gasteiger charge is 2.43. The minimum atomic E-state index is -0.637. The van der Waals surface area contributed by atoms with Crippen LogP contribution >= 0.6 is 11.8 Å². The molecule has 3 rings (SSSR count). The molecule has 0 saturated heterocycles. The molecular formula is C17H15NO2S. The number of carbonyl (C=O) groups is 2. The van der Waals surface area contributed by atoms with Gasteiger partial charge in [0.25, 0.3) is 0 Å². The number of benzene rings is 2. The molecule has 1 heterocycles. The van der Waals surface area contributed by atoms with Gasteiger partial charge in [0.1, 0.15) is 4.75 Å². The summed E-state index contributed by atoms with van der Waals surface area (Å²) < 4.78 is -0.637. The van der Waals surface area contributed by atoms with Gasteiger partial charge in [-0.2, -0.15) is 0 Å². The first-order valence-corrected chi connectivity index (χ1v) is 7.90. The zero-order valence-corrected chi connectivity index (χ0v) is 12.7. The van der Waals surface area contributed by atoms with E-state index in [0.717, 1.165) is 5.56 Å². The first-order chi connectivity index (χ1) is 10.1. The number of thioether (sulfide) groups is 1. The van der Waals surface area contributed by atoms with E-state index in [1.807, 2.05) is 43.5 Å². The van der Waals surface area contributed by atoms with E-state index in [4.69, 9.17) is 0 Å². The summed E-state index contributed by atoms with van der Waals surface area (Å²) in [6.45, 7) is 1.88. The van der Waals surface area contributed by atoms with Gasteiger partial charge in [-0.15, -0.1) is 11.8 Å². The molecule has 1 amide bonds. The number of hydrogen-bond acceptors (Lipinski definition) is 3. The van der Waals surface area contributed by atoms with Crippen molar-refractivity contribution in [1.82, 2.24) is 0 Å². The Balaban J connectivity index is 2.13. The lowest BCUT2D eigenvalue weighted by Gasteiger charge is -2.19. The predicted molar refractivity (Wildman–Crippen MR) is 85.8 cm³/mol. The number of amides is 1. The Morgan fingerprint density at radius 1 is 1.10 bits per heavy atom. The molecule has 3 nitrogen and oxygen atoms in total. The van der Waals surface area contributed by atoms with Crippen molar-refractivity contribution >= 4 is 29.1 Å². The highest BCUT2D eigenvalue weighted by Crippen LogP contribution is 2.46. The quantitative estimate of drug-likeness (QED) is 0.883. The highest BCUT2D eigenvalue weighted by molar-refractivity contribution is 8.00. The summed E-state index contributed by atoms with van der Waals surface area (Å²) in [5.41, 5.74) is 2.69. The van der Waals surface area contributed by atoms with Gasteiger partial charge in [0.15, 0.2) is 5.78 Å². The Morgan fingerprint density at radius 2 is 1.81 bits per heavy atom. The summed E-state index contributed by atoms with van der Waals surface area (Å²) >= 11 is 1.48. The standard InChI is InChI=1S/C17H15NO2S/c1-17(21-2)13-10-6-9-12(14(13)18-16(17)20)15(19)11-7-4-3-5-8-11/h3-10H,1-2H3,(H,18,20)/t17-/m0/s1. The average molecular weight is 297 g/mol. The summed E-state index contributed by atoms with van der Waals surface area (Å²) in [7, 11) is 0. The van der Waals surface area contributed by atoms with Gasteiger partial charge in [-0.3, -0.25) is 9.59 Å². The molecule has 21 heavy (non-hydrogen) atoms. The number of fused-ring (bicyclic) bond motifs is 1. The molecule has 1 N–H and O–H groups in total. The number of anilines is 1. The van der Waals surface area contributed by atoms with Crippen molar-refractivity contribution < 1.29 is 9.59 Å². The van der Waals surface area contributed by atoms with Crippen molar-refractivity contribution in [1.29, 1.82) is 0 Å². The van der Waals surface area contributed by atoms with Gasteiger partial charge in [-0.05, 0) is 19.2 Å². The highest BCUT2D eigenvalue weighted by atomic mass is 32.2. The van der Waals surface area contributed by atoms with Crippen LogP contribution in [0.4, 0.5) is 5.69 Å². The second kappa shape index (κ2) is 5.04. The largest absolute Gasteiger partial charge is 0.324 e. The number of para-hydroxylation sites is 1. The average Bonchev–Trinajstić information content (AvgIpc) is 2.79. The maximum absolute atomic E-state index is 12.7. The molecule has 2 aromatic rings. The van der Waals surface area contributed by atoms with E-state index in [-0.39, 0.29) is 11.7 Å². The number of ketones is 1. The molecule has 0 radical (unpaired) electrons. The van der Waals surface area contributed by atoms with Crippen LogP contribution < -0.4 is 5.32 Å². The van der Waals surface area contributed by atoms with Crippen LogP contribution in [0.3, 0.4) is 0 Å². The summed E-state index contributed by atoms with van der Waals surface area (Å²) in [5.74, 6) is -0.142. The number of rotatable bonds is 3. The monoisotopic (exact) mass is 297 g/mol. The normalized spacial score (nSPS) is 20.0. The fourth-order valence-corrected chi connectivity index (χ4v) is 3.20. The zero-order chi connectivity index (χ0) is 15.0. The third kappa shape index (κ3) is 2.07. The lowest BCUT2D eigenvalue weighted by Crippen LogP contribution is -2.26. The van der Waals surface area contributed by atoms with Crippen LogP contribution in [0.2, 0.25) is 0 Å². The van der Waals surface area contributed by atoms with Gasteiger partial charge in [0.05, 0.1) is 5.69 Å². The van der Waals surface area contributed by atoms with E-state index in [1.165, 1.54) is 11.8 Å². The van der Waals surface area contributed by atoms with Crippen molar-refractivity contribution in [3.05, 3.63) is 65.2 Å². The van der Waals surface area contributed by atoms with Crippen molar-refractivity contribution in [3.63, 3.8) is 0 Å². The summed E-state index contributed by atoms with van der Waals surface area (Å²) in [5, 5.41) is 2.88. The van der Waals surface area contributed by atoms with Gasteiger partial charge in [0.2, 0.25) is 5.91 Å². The summed E-state index contributed by atoms with van der Waals surface area (Å²) in [4.78, 5) is 24.9. The molecule has 1 aliphatic rings. The maximum atomic E-state index is 12.7. The fraction of sp³-hybridized carbons (Fsp3) is 0.176. The Kier molecular flexibility index (Phi) is 3.33. The van der Waals surface area contributed by atoms with E-state index in [9.17, 15) is 9.59 Å². The smallest absolute Gasteiger partial charge is 0.244 e. The fourth-order valence-electron chi connectivity index (χ4n) is 2.58. The van der Waals surface area contributed by atoms with E-state index >= 15 is 0 Å². The molecule has 1 atom stereocenters. The van der Waals surface area contributed by atoms with Gasteiger partial charge in [-0.25, -0.2) is 0 Å². The van der Waals surface area contributed by atoms with Crippen molar-refractivity contribution in [2.45, 2.75) is 11.7 Å². The van der Waals surface area contributed by atoms with Crippen molar-refractivity contribution in [3.8, 4) is 0 Å². The second-order valence-corrected chi connectivity index (χ2v) is 6.34. The van der Waals surface area contributed by atoms with Crippen molar-refractivity contribution in [2.24, 2.45) is 0 Å². The van der Waals surface area contributed by atoms with Gasteiger partial charge < -0.3 is 5.32 Å². The maximum Gasteiger partial charge on any atom is 0.244 e. The Hall–Kier alpha value is -2.07. The summed E-state index contributed by atoms with van der Waals surface area (Å²) in [6, 6.07) is 14.6. The third-order valence-corrected chi connectivity index (χ3v) is 5.16. The Morgan fingerprint density at radius 3 is 2.48 bits per heavy atom. The Bertz CT molecular complexity index is 727. The molecule has 2 aromatic carbocycles. The first-order valence-electron chi connectivity index (χ1n) is 6.68. The lowest BCUT2D eigenvalue weighted by molar-refractivity contribution is -0.117. The Labute approximate surface area is 127 Å². The molecule has 0 aromatic heterocycles. The molecule has 0 saturated carbocycles. The van der Waals surface area contributed by atoms with Crippen LogP contribution in [0.1, 0.15) is 28.4 Å². The van der Waals surface area contributed by atoms with Gasteiger partial charge in [0, 0.05) is 16.7 Å². The molecule has 0 fully saturated rings. The van der Waals surface area contributed by atoms with Crippen LogP contribution in [-0.2, 0) is 9.54 Å². The predicted octanol–water partition coefficient (Wildman–Crippen LogP) is 3.45. The van der Waals surface area contributed by atoms with E-state index in [2.05, 4.69) is 5.32 Å². The number of hydrogen-bond donors (Lipinski definition) is 1. The van der Waals surface area contributed by atoms with E-state index in [1.54, 1.807) is 18.2 Å². The second-order valence-electron chi connectivity index (χ2n) is 5.11. The topological polar surface area (TPSA) is 46.2 Å². The van der Waals surface area contributed by atoms with Crippen molar-refractivity contribution in [2.75, 3.05) is 11.6 Å². The van der Waals surface area contributed by atoms with Crippen LogP contribution in [0.5, 0.6) is 0 Å². The molecular weight excluding hydrogens is 282 g/mol. The SMILES string of the molecule is CS[C@]1(C)C(=O)Nc2c(C(=O)c3ccccc3)cccc21. The molecule has 0 unspecified atom stereocenters. The summed E-state index contributed by atoms with van der Waals surface area (Å²) in [6.07, 6.45) is 1.90. The minimum Gasteiger partial charge on any atom is -0.324 e. The number of nitrogens with one attached hydrogen (secondary N) is 1. The lowest BCUT2D eigenvalue weighted by atomic mass is 9.95. The molecule has 1 aliphatic heterocycles. The minimum absolute atomic E-state index is 0.0710. The number of carbonyl (C=O) groups excluding carboxylic acids is 2.